The molecule has 23 heteroatoms. The first-order valence-electron chi connectivity index (χ1n) is 19.2. The first-order valence-corrected chi connectivity index (χ1v) is 19.6. The zero-order valence-corrected chi connectivity index (χ0v) is 33.6. The number of nitrogens with one attached hydrogen (secondary N) is 4. The number of quaternary nitrogens is 1. The van der Waals surface area contributed by atoms with Crippen molar-refractivity contribution in [2.24, 2.45) is 5.92 Å². The quantitative estimate of drug-likeness (QED) is 0.0531. The number of hydrogen-bond acceptors (Lipinski definition) is 8. The van der Waals surface area contributed by atoms with Gasteiger partial charge in [0.2, 0.25) is 5.52 Å². The number of carbonyl (C=O) groups excluding carboxylic acids is 3. The van der Waals surface area contributed by atoms with E-state index in [1.54, 1.807) is 10.5 Å². The highest BCUT2D eigenvalue weighted by molar-refractivity contribution is 6.31. The molecular weight excluding hydrogens is 1300 g/mol. The number of halogens is 10. The lowest BCUT2D eigenvalue weighted by Gasteiger charge is -2.34. The summed E-state index contributed by atoms with van der Waals surface area (Å²) in [4.78, 5) is 35.3. The summed E-state index contributed by atoms with van der Waals surface area (Å²) in [6.45, 7) is 4.12. The Kier molecular flexibility index (Phi) is 178. The van der Waals surface area contributed by atoms with Crippen molar-refractivity contribution in [3.05, 3.63) is 93.5 Å². The predicted octanol–water partition coefficient (Wildman–Crippen LogP) is 24.5. The summed E-state index contributed by atoms with van der Waals surface area (Å²) < 4.78 is 96.8. The van der Waals surface area contributed by atoms with Crippen LogP contribution in [0.3, 0.4) is 0 Å². The Morgan fingerprint density at radius 2 is 1.00 bits per heavy atom. The molecule has 0 spiro atoms. The van der Waals surface area contributed by atoms with Gasteiger partial charge in [0, 0.05) is 45.5 Å². The van der Waals surface area contributed by atoms with E-state index in [2.05, 4.69) is 67.6 Å². The summed E-state index contributed by atoms with van der Waals surface area (Å²) in [5.41, 5.74) is 18.3. The van der Waals surface area contributed by atoms with Crippen LogP contribution in [-0.4, -0.2) is 58.3 Å². The van der Waals surface area contributed by atoms with Gasteiger partial charge in [0.1, 0.15) is 31.0 Å². The maximum atomic E-state index is 10.5. The van der Waals surface area contributed by atoms with Crippen LogP contribution in [0, 0.1) is 5.92 Å². The number of nitrogens with two attached hydrogens (primary N) is 1. The minimum Gasteiger partial charge on any atom is -0.542 e. The minimum absolute atomic E-state index is 0. The summed E-state index contributed by atoms with van der Waals surface area (Å²) in [7, 11) is 0. The fraction of sp³-hybridized carbons (Fsp3) is 0.680. The number of rotatable bonds is 7. The highest BCUT2D eigenvalue weighted by Crippen LogP contribution is 2.46. The monoisotopic (exact) mass is 1480 g/mol. The maximum Gasteiger partial charge on any atom is 0.430 e. The zero-order valence-electron chi connectivity index (χ0n) is 32.8. The number of anilines is 1. The van der Waals surface area contributed by atoms with Gasteiger partial charge in [-0.3, -0.25) is 0 Å². The number of hydrogen-bond donors (Lipinski definition) is 4. The largest absolute Gasteiger partial charge is 0.542 e. The smallest absolute Gasteiger partial charge is 0.430 e. The van der Waals surface area contributed by atoms with Crippen LogP contribution < -0.4 is 35.6 Å². The Morgan fingerprint density at radius 1 is 0.592 bits per heavy atom. The van der Waals surface area contributed by atoms with Gasteiger partial charge in [-0.05, 0) is 67.7 Å². The van der Waals surface area contributed by atoms with E-state index < -0.39 is 36.4 Å². The number of alkyl halides is 9. The molecule has 3 aromatic heterocycles. The number of carboxylic acid groups (broad SMARTS) is 3. The maximum absolute atomic E-state index is 10.5. The average molecular weight is 1480 g/mol. The number of carboxylic acids is 3. The summed E-state index contributed by atoms with van der Waals surface area (Å²) in [5.74, 6) is -7.91. The van der Waals surface area contributed by atoms with E-state index in [0.717, 1.165) is 79.2 Å². The number of aliphatic carboxylic acids is 3. The molecule has 620 valence electrons. The number of carbonyl (C=O) groups is 3. The van der Waals surface area contributed by atoms with E-state index in [4.69, 9.17) is 47.0 Å². The van der Waals surface area contributed by atoms with E-state index in [1.165, 1.54) is 52.7 Å². The molecular formula is C75H179ClF9N7O6. The van der Waals surface area contributed by atoms with Crippen molar-refractivity contribution in [2.45, 2.75) is 349 Å². The molecule has 5 aromatic rings. The van der Waals surface area contributed by atoms with E-state index >= 15 is 0 Å². The van der Waals surface area contributed by atoms with Crippen LogP contribution in [0.1, 0.15) is 326 Å². The van der Waals surface area contributed by atoms with Crippen molar-refractivity contribution in [2.75, 3.05) is 12.3 Å². The fourth-order valence-corrected chi connectivity index (χ4v) is 8.18. The van der Waals surface area contributed by atoms with Crippen LogP contribution in [0.25, 0.3) is 21.8 Å². The standard InChI is InChI=1S/C34H36ClN7.3C2HF3O2.35CH4/c35-24-8-9-28-30(17-24)38-31-16-22-13-21(14-23(15-22)33(31)34(28)36)5-3-4-11-42-19-25(39-40-42)18-41-12-10-27-26-6-1-2-7-29(26)37-32(27)20-41;3*3-2(4,5)1(6)7;;;;;;;;;;;;;;;;;;;;;;;;;;;;;;;;;;;/h1-2,6-9,13,17,19,22-23,37H,3-5,10-12,14-16,18,20H2,(H2,36,38);3*(H,6,7);35*1H4. The van der Waals surface area contributed by atoms with Crippen molar-refractivity contribution in [1.82, 2.24) is 15.3 Å². The number of aromatic amines is 3. The van der Waals surface area contributed by atoms with Crippen LogP contribution >= 0.6 is 11.6 Å². The molecule has 6 N–H and O–H groups in total. The Morgan fingerprint density at radius 3 is 1.41 bits per heavy atom. The lowest BCUT2D eigenvalue weighted by molar-refractivity contribution is -0.930. The normalized spacial score (nSPS) is 11.6. The van der Waals surface area contributed by atoms with E-state index in [9.17, 15) is 39.5 Å². The first kappa shape index (κ1) is 205. The van der Waals surface area contributed by atoms with Crippen LogP contribution in [0.5, 0.6) is 0 Å². The summed E-state index contributed by atoms with van der Waals surface area (Å²) in [6.07, 6.45) is -2.81. The number of aromatic nitrogens is 5. The summed E-state index contributed by atoms with van der Waals surface area (Å²) in [6, 6.07) is 14.7. The molecule has 13 nitrogen and oxygen atoms in total. The number of nitrogens with zero attached hydrogens (tertiary/aromatic N) is 2. The molecule has 1 aliphatic heterocycles. The molecule has 0 radical (unpaired) electrons. The van der Waals surface area contributed by atoms with E-state index in [0.29, 0.717) is 11.8 Å². The number of H-pyrrole nitrogens is 3. The molecule has 0 fully saturated rings. The van der Waals surface area contributed by atoms with E-state index in [1.807, 2.05) is 12.1 Å². The van der Waals surface area contributed by atoms with Crippen LogP contribution in [0.4, 0.5) is 45.2 Å². The second-order valence-electron chi connectivity index (χ2n) is 15.1. The molecule has 0 saturated carbocycles. The molecule has 2 bridgehead atoms. The van der Waals surface area contributed by atoms with Crippen LogP contribution in [0.2, 0.25) is 5.02 Å². The Hall–Kier alpha value is -5.90. The highest BCUT2D eigenvalue weighted by atomic mass is 35.5. The number of allylic oxidation sites excluding steroid dienone is 2. The topological polar surface area (TPSA) is 213 Å². The lowest BCUT2D eigenvalue weighted by atomic mass is 9.70. The number of pyridine rings is 1. The van der Waals surface area contributed by atoms with E-state index in [-0.39, 0.29) is 260 Å². The molecule has 4 heterocycles. The van der Waals surface area contributed by atoms with Gasteiger partial charge in [0.25, 0.3) is 5.69 Å². The number of fused-ring (bicyclic) bond motifs is 8. The Labute approximate surface area is 614 Å². The third-order valence-corrected chi connectivity index (χ3v) is 10.8. The Bertz CT molecular complexity index is 2440. The zero-order chi connectivity index (χ0) is 46.4. The third kappa shape index (κ3) is 55.9. The fourth-order valence-electron chi connectivity index (χ4n) is 8.00. The molecule has 3 unspecified atom stereocenters. The van der Waals surface area contributed by atoms with Gasteiger partial charge in [0.05, 0.1) is 23.3 Å². The number of benzene rings is 2. The third-order valence-electron chi connectivity index (χ3n) is 10.6. The highest BCUT2D eigenvalue weighted by Gasteiger charge is 2.37. The van der Waals surface area contributed by atoms with Crippen molar-refractivity contribution >= 4 is 57.0 Å². The first-order chi connectivity index (χ1) is 29.4. The van der Waals surface area contributed by atoms with Crippen molar-refractivity contribution < 1.29 is 83.8 Å². The minimum atomic E-state index is -5.19. The molecule has 2 aromatic carbocycles. The molecule has 2 aliphatic carbocycles. The van der Waals surface area contributed by atoms with Crippen molar-refractivity contribution in [3.63, 3.8) is 0 Å². The van der Waals surface area contributed by atoms with Crippen molar-refractivity contribution in [1.29, 1.82) is 0 Å². The number of nitrogen functional groups attached to an aromatic ring is 1. The van der Waals surface area contributed by atoms with Gasteiger partial charge in [-0.25, -0.2) is 4.98 Å². The number of para-hydroxylation sites is 1. The summed E-state index contributed by atoms with van der Waals surface area (Å²) in [5, 5.41) is 37.5. The second-order valence-corrected chi connectivity index (χ2v) is 15.6. The van der Waals surface area contributed by atoms with Gasteiger partial charge in [-0.15, -0.1) is 0 Å². The lowest BCUT2D eigenvalue weighted by Crippen LogP contribution is -3.10. The van der Waals surface area contributed by atoms with Gasteiger partial charge < -0.3 is 45.3 Å². The van der Waals surface area contributed by atoms with Crippen molar-refractivity contribution in [3.8, 4) is 0 Å². The van der Waals surface area contributed by atoms with Gasteiger partial charge in [-0.1, -0.05) is 307 Å². The molecule has 98 heavy (non-hydrogen) atoms. The average Bonchev–Trinajstić information content (AvgIpc) is 3.79. The molecule has 3 aliphatic rings. The Balaban J connectivity index is -0.0000000248. The molecule has 3 atom stereocenters. The van der Waals surface area contributed by atoms with Gasteiger partial charge >= 0.3 is 18.5 Å². The molecule has 8 rings (SSSR count). The predicted molar refractivity (Wildman–Crippen MR) is 434 cm³/mol. The number of unbranched alkanes of at least 4 members (excludes halogenated alkanes) is 1. The van der Waals surface area contributed by atoms with Crippen LogP contribution in [-0.2, 0) is 46.9 Å². The second kappa shape index (κ2) is 85.3. The molecule has 0 amide bonds. The SMILES string of the molecule is C.C.C.C.C.C.C.C.C.C.C.C.C.C.C.C.C.C.C.C.C.C.C.C.C.C.C.C.C.C.C.C.C.C.C.Nc1c2c([nH+]c3cc(Cl)ccc13)CC1C=C(CCCC[n+]3cc(C[NH+]4CCc5c([nH]c6ccccc56)C4)n[nH]3)CC2C1.O=C([O-])C(F)(F)F.O=C([O-])C(F)(F)F.O=C([O-])C(F)(F)F. The van der Waals surface area contributed by atoms with Crippen LogP contribution in [0.15, 0.2) is 60.3 Å². The van der Waals surface area contributed by atoms with Gasteiger partial charge in [-0.2, -0.15) is 44.2 Å². The summed E-state index contributed by atoms with van der Waals surface area (Å²) >= 11 is 6.26. The molecule has 0 saturated heterocycles. The van der Waals surface area contributed by atoms with Gasteiger partial charge in [0.15, 0.2) is 18.4 Å². The number of aryl methyl sites for hydroxylation is 1.